The van der Waals surface area contributed by atoms with Crippen LogP contribution in [0.25, 0.3) is 0 Å². The summed E-state index contributed by atoms with van der Waals surface area (Å²) < 4.78 is 12.3. The van der Waals surface area contributed by atoms with Gasteiger partial charge in [0.15, 0.2) is 0 Å². The van der Waals surface area contributed by atoms with E-state index in [1.807, 2.05) is 11.1 Å². The molecule has 24 heavy (non-hydrogen) atoms. The molecular weight excluding hydrogens is 312 g/mol. The van der Waals surface area contributed by atoms with Crippen LogP contribution in [0.4, 0.5) is 0 Å². The highest BCUT2D eigenvalue weighted by atomic mass is 32.2. The Bertz CT molecular complexity index is 508. The zero-order valence-electron chi connectivity index (χ0n) is 15.3. The number of hydrogen-bond acceptors (Lipinski definition) is 1. The third-order valence-corrected chi connectivity index (χ3v) is 8.61. The number of allylic oxidation sites excluding steroid dienone is 4. The third kappa shape index (κ3) is 3.74. The zero-order chi connectivity index (χ0) is 16.4. The van der Waals surface area contributed by atoms with Crippen LogP contribution in [0.3, 0.4) is 0 Å². The predicted molar refractivity (Wildman–Crippen MR) is 104 cm³/mol. The first-order valence-corrected chi connectivity index (χ1v) is 12.1. The molecule has 0 aromatic heterocycles. The maximum absolute atomic E-state index is 12.3. The lowest BCUT2D eigenvalue weighted by Gasteiger charge is -2.32. The van der Waals surface area contributed by atoms with Crippen molar-refractivity contribution in [1.82, 2.24) is 0 Å². The van der Waals surface area contributed by atoms with Crippen molar-refractivity contribution in [2.45, 2.75) is 89.9 Å². The zero-order valence-corrected chi connectivity index (χ0v) is 16.1. The summed E-state index contributed by atoms with van der Waals surface area (Å²) in [5.74, 6) is 3.42. The van der Waals surface area contributed by atoms with E-state index in [4.69, 9.17) is 0 Å². The van der Waals surface area contributed by atoms with Crippen molar-refractivity contribution in [1.29, 1.82) is 0 Å². The highest BCUT2D eigenvalue weighted by Gasteiger charge is 2.36. The minimum absolute atomic E-state index is 0.543. The van der Waals surface area contributed by atoms with Crippen LogP contribution in [0.1, 0.15) is 89.9 Å². The summed E-state index contributed by atoms with van der Waals surface area (Å²) in [6.45, 7) is 0. The lowest BCUT2D eigenvalue weighted by atomic mass is 9.73. The largest absolute Gasteiger partial charge is 0.260 e. The van der Waals surface area contributed by atoms with E-state index in [0.717, 1.165) is 23.3 Å². The average molecular weight is 347 g/mol. The second-order valence-electron chi connectivity index (χ2n) is 8.69. The minimum Gasteiger partial charge on any atom is -0.260 e. The van der Waals surface area contributed by atoms with E-state index in [1.54, 1.807) is 11.1 Å². The van der Waals surface area contributed by atoms with Crippen molar-refractivity contribution in [2.24, 2.45) is 11.8 Å². The smallest absolute Gasteiger partial charge is 0.0269 e. The third-order valence-electron chi connectivity index (χ3n) is 7.01. The summed E-state index contributed by atoms with van der Waals surface area (Å²) in [5, 5.41) is 0. The molecule has 1 nitrogen and oxygen atoms in total. The molecule has 0 spiro atoms. The molecule has 1 fully saturated rings. The standard InChI is InChI=1S/C22H34OS/c23-24-15-19-13-17-9-5-1-3-7-11-21(17)22-12-8-4-2-6-10-18(22)14-20(19)16-24/h19-20H,1-16H2/b21-17-,22-18-/t19-,20-/m0/s1. The fourth-order valence-electron chi connectivity index (χ4n) is 5.72. The molecule has 2 atom stereocenters. The van der Waals surface area contributed by atoms with Gasteiger partial charge in [0.1, 0.15) is 0 Å². The maximum atomic E-state index is 12.3. The molecule has 3 aliphatic carbocycles. The molecule has 0 aromatic rings. The Morgan fingerprint density at radius 1 is 0.583 bits per heavy atom. The fraction of sp³-hybridized carbons (Fsp3) is 0.818. The summed E-state index contributed by atoms with van der Waals surface area (Å²) in [5.41, 5.74) is 7.22. The Kier molecular flexibility index (Phi) is 5.61. The molecule has 0 N–H and O–H groups in total. The lowest BCUT2D eigenvalue weighted by molar-refractivity contribution is 0.391. The Morgan fingerprint density at radius 2 is 1.00 bits per heavy atom. The summed E-state index contributed by atoms with van der Waals surface area (Å²) in [7, 11) is -0.543. The van der Waals surface area contributed by atoms with Gasteiger partial charge >= 0.3 is 0 Å². The molecule has 0 saturated carbocycles. The van der Waals surface area contributed by atoms with Gasteiger partial charge in [-0.15, -0.1) is 0 Å². The van der Waals surface area contributed by atoms with Crippen molar-refractivity contribution in [3.05, 3.63) is 22.3 Å². The lowest BCUT2D eigenvalue weighted by Crippen LogP contribution is -2.19. The first-order valence-electron chi connectivity index (χ1n) is 10.6. The van der Waals surface area contributed by atoms with Gasteiger partial charge in [0.2, 0.25) is 0 Å². The molecule has 0 aromatic carbocycles. The fourth-order valence-corrected chi connectivity index (χ4v) is 7.59. The predicted octanol–water partition coefficient (Wildman–Crippen LogP) is 6.08. The molecule has 1 aliphatic heterocycles. The van der Waals surface area contributed by atoms with Gasteiger partial charge in [0.05, 0.1) is 0 Å². The Balaban J connectivity index is 1.75. The Morgan fingerprint density at radius 3 is 1.46 bits per heavy atom. The SMILES string of the molecule is O=S1C[C@@H]2C/C3=C(CCCCCC3)\C3=C(\CCCCCC3)C[C@H]2C1. The van der Waals surface area contributed by atoms with Crippen LogP contribution < -0.4 is 0 Å². The molecule has 4 rings (SSSR count). The molecule has 2 heteroatoms. The van der Waals surface area contributed by atoms with Gasteiger partial charge in [-0.25, -0.2) is 0 Å². The van der Waals surface area contributed by atoms with E-state index in [0.29, 0.717) is 0 Å². The highest BCUT2D eigenvalue weighted by Crippen LogP contribution is 2.45. The van der Waals surface area contributed by atoms with Gasteiger partial charge in [-0.3, -0.25) is 4.21 Å². The summed E-state index contributed by atoms with van der Waals surface area (Å²) >= 11 is 0. The first-order chi connectivity index (χ1) is 11.8. The van der Waals surface area contributed by atoms with Gasteiger partial charge in [0, 0.05) is 22.3 Å². The van der Waals surface area contributed by atoms with Gasteiger partial charge in [-0.05, 0) is 87.2 Å². The first kappa shape index (κ1) is 17.1. The van der Waals surface area contributed by atoms with E-state index < -0.39 is 10.8 Å². The van der Waals surface area contributed by atoms with Crippen molar-refractivity contribution in [2.75, 3.05) is 11.5 Å². The maximum Gasteiger partial charge on any atom is 0.0269 e. The summed E-state index contributed by atoms with van der Waals surface area (Å²) in [6, 6.07) is 0. The molecule has 0 bridgehead atoms. The highest BCUT2D eigenvalue weighted by molar-refractivity contribution is 7.85. The van der Waals surface area contributed by atoms with E-state index >= 15 is 0 Å². The molecule has 1 saturated heterocycles. The van der Waals surface area contributed by atoms with E-state index in [2.05, 4.69) is 0 Å². The average Bonchev–Trinajstić information content (AvgIpc) is 2.85. The van der Waals surface area contributed by atoms with E-state index in [1.165, 1.54) is 89.9 Å². The molecule has 134 valence electrons. The number of hydrogen-bond donors (Lipinski definition) is 0. The molecule has 4 aliphatic rings. The van der Waals surface area contributed by atoms with E-state index in [9.17, 15) is 4.21 Å². The van der Waals surface area contributed by atoms with Crippen molar-refractivity contribution >= 4 is 10.8 Å². The normalized spacial score (nSPS) is 39.3. The van der Waals surface area contributed by atoms with Crippen LogP contribution >= 0.6 is 0 Å². The molecule has 0 radical (unpaired) electrons. The Labute approximate surface area is 150 Å². The van der Waals surface area contributed by atoms with Crippen molar-refractivity contribution < 1.29 is 4.21 Å². The van der Waals surface area contributed by atoms with Crippen LogP contribution in [-0.4, -0.2) is 15.7 Å². The number of fused-ring (bicyclic) bond motifs is 2. The van der Waals surface area contributed by atoms with Gasteiger partial charge in [0.25, 0.3) is 0 Å². The van der Waals surface area contributed by atoms with E-state index in [-0.39, 0.29) is 0 Å². The topological polar surface area (TPSA) is 17.1 Å². The van der Waals surface area contributed by atoms with Crippen LogP contribution in [0, 0.1) is 11.8 Å². The quantitative estimate of drug-likeness (QED) is 0.520. The summed E-state index contributed by atoms with van der Waals surface area (Å²) in [4.78, 5) is 0. The molecule has 0 unspecified atom stereocenters. The Hall–Kier alpha value is -0.370. The monoisotopic (exact) mass is 346 g/mol. The van der Waals surface area contributed by atoms with Crippen molar-refractivity contribution in [3.8, 4) is 0 Å². The summed E-state index contributed by atoms with van der Waals surface area (Å²) in [6.07, 6.45) is 19.2. The molecular formula is C22H34OS. The number of rotatable bonds is 0. The van der Waals surface area contributed by atoms with Gasteiger partial charge in [-0.2, -0.15) is 0 Å². The van der Waals surface area contributed by atoms with Gasteiger partial charge < -0.3 is 0 Å². The van der Waals surface area contributed by atoms with Crippen molar-refractivity contribution in [3.63, 3.8) is 0 Å². The second-order valence-corrected chi connectivity index (χ2v) is 10.2. The van der Waals surface area contributed by atoms with Crippen LogP contribution in [-0.2, 0) is 10.8 Å². The molecule has 0 amide bonds. The second kappa shape index (κ2) is 7.89. The van der Waals surface area contributed by atoms with Crippen LogP contribution in [0.15, 0.2) is 22.3 Å². The van der Waals surface area contributed by atoms with Crippen LogP contribution in [0.2, 0.25) is 0 Å². The van der Waals surface area contributed by atoms with Crippen LogP contribution in [0.5, 0.6) is 0 Å². The van der Waals surface area contributed by atoms with Gasteiger partial charge in [-0.1, -0.05) is 36.8 Å². The minimum atomic E-state index is -0.543. The molecule has 1 heterocycles.